The van der Waals surface area contributed by atoms with Crippen LogP contribution in [0.5, 0.6) is 5.75 Å². The number of hydrogen-bond acceptors (Lipinski definition) is 5. The quantitative estimate of drug-likeness (QED) is 0.175. The Morgan fingerprint density at radius 2 is 1.79 bits per heavy atom. The molecule has 0 bridgehead atoms. The van der Waals surface area contributed by atoms with Crippen molar-refractivity contribution in [2.24, 2.45) is 11.1 Å². The van der Waals surface area contributed by atoms with Gasteiger partial charge in [0.2, 0.25) is 11.9 Å². The molecule has 0 aliphatic carbocycles. The molecule has 0 fully saturated rings. The van der Waals surface area contributed by atoms with Crippen molar-refractivity contribution in [3.05, 3.63) is 81.3 Å². The van der Waals surface area contributed by atoms with Gasteiger partial charge in [-0.25, -0.2) is 22.5 Å². The second-order valence-corrected chi connectivity index (χ2v) is 11.4. The number of hydrogen-bond donors (Lipinski definition) is 3. The van der Waals surface area contributed by atoms with Crippen LogP contribution < -0.4 is 21.1 Å². The van der Waals surface area contributed by atoms with Crippen LogP contribution in [0.3, 0.4) is 0 Å². The second-order valence-electron chi connectivity index (χ2n) is 10.5. The number of nitrogens with one attached hydrogen (secondary N) is 2. The second kappa shape index (κ2) is 12.4. The maximum absolute atomic E-state index is 15.6. The average molecular weight is 650 g/mol. The number of halogens is 5. The lowest BCUT2D eigenvalue weighted by Crippen LogP contribution is -2.34. The summed E-state index contributed by atoms with van der Waals surface area (Å²) in [5, 5.41) is 5.35. The third-order valence-electron chi connectivity index (χ3n) is 6.26. The SMILES string of the molecule is CC(C)(C)C(=O)NCc1ccc(F)c(Nc2nc3cc(C(N)=O)c(OCC(F)F)cc3n2Cc2ccc(Br)cc2)c1F. The lowest BCUT2D eigenvalue weighted by molar-refractivity contribution is -0.128. The lowest BCUT2D eigenvalue weighted by atomic mass is 9.95. The molecule has 42 heavy (non-hydrogen) atoms. The summed E-state index contributed by atoms with van der Waals surface area (Å²) in [7, 11) is 0. The number of nitrogens with two attached hydrogens (primary N) is 1. The Morgan fingerprint density at radius 1 is 1.10 bits per heavy atom. The molecule has 1 aromatic heterocycles. The molecule has 4 N–H and O–H groups in total. The van der Waals surface area contributed by atoms with Gasteiger partial charge in [-0.3, -0.25) is 9.59 Å². The number of nitrogens with zero attached hydrogens (tertiary/aromatic N) is 2. The molecular formula is C29H28BrF4N5O3. The molecule has 2 amide bonds. The van der Waals surface area contributed by atoms with Gasteiger partial charge in [-0.15, -0.1) is 0 Å². The van der Waals surface area contributed by atoms with Crippen molar-refractivity contribution in [3.63, 3.8) is 0 Å². The first-order chi connectivity index (χ1) is 19.7. The van der Waals surface area contributed by atoms with Gasteiger partial charge in [0.15, 0.2) is 5.82 Å². The van der Waals surface area contributed by atoms with Gasteiger partial charge >= 0.3 is 0 Å². The average Bonchev–Trinajstić information content (AvgIpc) is 3.24. The van der Waals surface area contributed by atoms with Gasteiger partial charge in [0.05, 0.1) is 23.1 Å². The number of ether oxygens (including phenoxy) is 1. The monoisotopic (exact) mass is 649 g/mol. The van der Waals surface area contributed by atoms with Crippen LogP contribution in [0.1, 0.15) is 42.3 Å². The van der Waals surface area contributed by atoms with Gasteiger partial charge in [-0.1, -0.05) is 54.9 Å². The van der Waals surface area contributed by atoms with E-state index >= 15 is 4.39 Å². The zero-order valence-electron chi connectivity index (χ0n) is 22.9. The van der Waals surface area contributed by atoms with Crippen molar-refractivity contribution in [1.29, 1.82) is 0 Å². The Morgan fingerprint density at radius 3 is 2.40 bits per heavy atom. The number of primary amides is 1. The molecule has 0 saturated carbocycles. The smallest absolute Gasteiger partial charge is 0.272 e. The Balaban J connectivity index is 1.81. The summed E-state index contributed by atoms with van der Waals surface area (Å²) in [4.78, 5) is 28.8. The Kier molecular flexibility index (Phi) is 9.09. The largest absolute Gasteiger partial charge is 0.487 e. The maximum atomic E-state index is 15.6. The van der Waals surface area contributed by atoms with E-state index in [0.717, 1.165) is 16.1 Å². The number of aromatic nitrogens is 2. The highest BCUT2D eigenvalue weighted by Crippen LogP contribution is 2.33. The fraction of sp³-hybridized carbons (Fsp3) is 0.276. The fourth-order valence-corrected chi connectivity index (χ4v) is 4.31. The van der Waals surface area contributed by atoms with Crippen LogP contribution >= 0.6 is 15.9 Å². The predicted molar refractivity (Wildman–Crippen MR) is 154 cm³/mol. The standard InChI is InChI=1S/C29H28BrF4N5O3/c1-29(2,3)27(41)36-12-16-6-9-19(31)25(24(16)34)38-28-37-20-10-18(26(35)40)22(42-14-23(32)33)11-21(20)39(28)13-15-4-7-17(30)8-5-15/h4-11,23H,12-14H2,1-3H3,(H2,35,40)(H,36,41)(H,37,38). The van der Waals surface area contributed by atoms with Crippen LogP contribution in [0.4, 0.5) is 29.2 Å². The number of amides is 2. The van der Waals surface area contributed by atoms with Crippen LogP contribution in [0, 0.1) is 17.0 Å². The number of carbonyl (C=O) groups is 2. The summed E-state index contributed by atoms with van der Waals surface area (Å²) >= 11 is 3.37. The van der Waals surface area contributed by atoms with Crippen molar-refractivity contribution in [3.8, 4) is 5.75 Å². The number of fused-ring (bicyclic) bond motifs is 1. The van der Waals surface area contributed by atoms with Gasteiger partial charge in [0.25, 0.3) is 12.3 Å². The number of benzene rings is 3. The van der Waals surface area contributed by atoms with Crippen molar-refractivity contribution in [1.82, 2.24) is 14.9 Å². The Labute approximate surface area is 247 Å². The van der Waals surface area contributed by atoms with E-state index in [-0.39, 0.29) is 47.3 Å². The molecule has 0 aliphatic heterocycles. The van der Waals surface area contributed by atoms with Crippen LogP contribution in [0.15, 0.2) is 53.0 Å². The molecule has 0 spiro atoms. The van der Waals surface area contributed by atoms with Gasteiger partial charge < -0.3 is 25.7 Å². The first-order valence-corrected chi connectivity index (χ1v) is 13.6. The topological polar surface area (TPSA) is 111 Å². The molecule has 0 unspecified atom stereocenters. The van der Waals surface area contributed by atoms with E-state index < -0.39 is 41.7 Å². The number of alkyl halides is 2. The summed E-state index contributed by atoms with van der Waals surface area (Å²) < 4.78 is 64.0. The van der Waals surface area contributed by atoms with E-state index in [1.807, 2.05) is 12.1 Å². The maximum Gasteiger partial charge on any atom is 0.272 e. The minimum absolute atomic E-state index is 0.0111. The van der Waals surface area contributed by atoms with E-state index in [1.54, 1.807) is 37.5 Å². The highest BCUT2D eigenvalue weighted by molar-refractivity contribution is 9.10. The molecule has 0 radical (unpaired) electrons. The molecule has 1 heterocycles. The van der Waals surface area contributed by atoms with E-state index in [2.05, 4.69) is 31.5 Å². The third kappa shape index (κ3) is 7.01. The molecule has 222 valence electrons. The first kappa shape index (κ1) is 30.8. The van der Waals surface area contributed by atoms with Gasteiger partial charge in [-0.2, -0.15) is 0 Å². The summed E-state index contributed by atoms with van der Waals surface area (Å²) in [6.07, 6.45) is -2.81. The molecule has 13 heteroatoms. The molecule has 0 atom stereocenters. The van der Waals surface area contributed by atoms with Crippen LogP contribution in [0.25, 0.3) is 11.0 Å². The molecule has 4 aromatic rings. The Bertz CT molecular complexity index is 1640. The number of imidazole rings is 1. The molecule has 3 aromatic carbocycles. The first-order valence-electron chi connectivity index (χ1n) is 12.8. The lowest BCUT2D eigenvalue weighted by Gasteiger charge is -2.18. The number of rotatable bonds is 10. The van der Waals surface area contributed by atoms with Crippen molar-refractivity contribution in [2.75, 3.05) is 11.9 Å². The van der Waals surface area contributed by atoms with E-state index in [9.17, 15) is 22.8 Å². The van der Waals surface area contributed by atoms with Gasteiger partial charge in [0.1, 0.15) is 23.9 Å². The van der Waals surface area contributed by atoms with Crippen molar-refractivity contribution >= 4 is 50.4 Å². The van der Waals surface area contributed by atoms with E-state index in [0.29, 0.717) is 5.52 Å². The van der Waals surface area contributed by atoms with E-state index in [1.165, 1.54) is 18.2 Å². The minimum atomic E-state index is -2.81. The van der Waals surface area contributed by atoms with Crippen LogP contribution in [0.2, 0.25) is 0 Å². The third-order valence-corrected chi connectivity index (χ3v) is 6.79. The fourth-order valence-electron chi connectivity index (χ4n) is 4.04. The molecular weight excluding hydrogens is 622 g/mol. The zero-order chi connectivity index (χ0) is 30.8. The molecule has 4 rings (SSSR count). The molecule has 0 aliphatic rings. The van der Waals surface area contributed by atoms with E-state index in [4.69, 9.17) is 10.5 Å². The minimum Gasteiger partial charge on any atom is -0.487 e. The van der Waals surface area contributed by atoms with Crippen LogP contribution in [-0.2, 0) is 17.9 Å². The van der Waals surface area contributed by atoms with Crippen molar-refractivity contribution in [2.45, 2.75) is 40.3 Å². The Hall–Kier alpha value is -4.13. The van der Waals surface area contributed by atoms with Gasteiger partial charge in [0, 0.05) is 28.1 Å². The highest BCUT2D eigenvalue weighted by Gasteiger charge is 2.24. The summed E-state index contributed by atoms with van der Waals surface area (Å²) in [6.45, 7) is 4.10. The number of anilines is 2. The summed E-state index contributed by atoms with van der Waals surface area (Å²) in [5.74, 6) is -3.30. The van der Waals surface area contributed by atoms with Gasteiger partial charge in [-0.05, 0) is 29.8 Å². The van der Waals surface area contributed by atoms with Crippen LogP contribution in [-0.4, -0.2) is 34.4 Å². The summed E-state index contributed by atoms with van der Waals surface area (Å²) in [6, 6.07) is 12.1. The molecule has 0 saturated heterocycles. The highest BCUT2D eigenvalue weighted by atomic mass is 79.9. The number of carbonyl (C=O) groups excluding carboxylic acids is 2. The summed E-state index contributed by atoms with van der Waals surface area (Å²) in [5.41, 5.74) is 5.37. The normalized spacial score (nSPS) is 11.6. The predicted octanol–water partition coefficient (Wildman–Crippen LogP) is 6.27. The molecule has 8 nitrogen and oxygen atoms in total. The van der Waals surface area contributed by atoms with Crippen molar-refractivity contribution < 1.29 is 31.9 Å². The zero-order valence-corrected chi connectivity index (χ0v) is 24.5.